The van der Waals surface area contributed by atoms with E-state index in [0.717, 1.165) is 34.8 Å². The van der Waals surface area contributed by atoms with Crippen molar-refractivity contribution in [2.24, 2.45) is 0 Å². The minimum absolute atomic E-state index is 0.426. The topological polar surface area (TPSA) is 21.3 Å². The van der Waals surface area contributed by atoms with Crippen molar-refractivity contribution in [2.75, 3.05) is 13.7 Å². The van der Waals surface area contributed by atoms with Crippen molar-refractivity contribution in [3.8, 4) is 0 Å². The van der Waals surface area contributed by atoms with E-state index < -0.39 is 0 Å². The Kier molecular flexibility index (Phi) is 6.92. The standard InChI is InChI=1S/C11H17BrClNOS/c1-3-4-8(7-15-2)14-6-9-5-10(12)11(13)16-9/h5,8,14H,3-4,6-7H2,1-2H3. The van der Waals surface area contributed by atoms with Gasteiger partial charge in [-0.2, -0.15) is 0 Å². The van der Waals surface area contributed by atoms with Crippen LogP contribution in [0.5, 0.6) is 0 Å². The highest BCUT2D eigenvalue weighted by Gasteiger charge is 2.09. The largest absolute Gasteiger partial charge is 0.383 e. The fraction of sp³-hybridized carbons (Fsp3) is 0.636. The number of halogens is 2. The maximum Gasteiger partial charge on any atom is 0.107 e. The van der Waals surface area contributed by atoms with E-state index in [4.69, 9.17) is 16.3 Å². The van der Waals surface area contributed by atoms with Gasteiger partial charge in [0.05, 0.1) is 6.61 Å². The van der Waals surface area contributed by atoms with Crippen molar-refractivity contribution in [2.45, 2.75) is 32.4 Å². The summed E-state index contributed by atoms with van der Waals surface area (Å²) in [5.41, 5.74) is 0. The minimum Gasteiger partial charge on any atom is -0.383 e. The molecule has 0 saturated carbocycles. The SMILES string of the molecule is CCCC(COC)NCc1cc(Br)c(Cl)s1. The number of hydrogen-bond donors (Lipinski definition) is 1. The third-order valence-electron chi connectivity index (χ3n) is 2.27. The molecule has 0 radical (unpaired) electrons. The van der Waals surface area contributed by atoms with Gasteiger partial charge in [-0.1, -0.05) is 24.9 Å². The van der Waals surface area contributed by atoms with Crippen LogP contribution in [0.25, 0.3) is 0 Å². The van der Waals surface area contributed by atoms with Crippen LogP contribution in [0.4, 0.5) is 0 Å². The smallest absolute Gasteiger partial charge is 0.107 e. The molecule has 1 atom stereocenters. The molecule has 16 heavy (non-hydrogen) atoms. The van der Waals surface area contributed by atoms with E-state index in [1.54, 1.807) is 18.4 Å². The van der Waals surface area contributed by atoms with Gasteiger partial charge in [0.2, 0.25) is 0 Å². The number of ether oxygens (including phenoxy) is 1. The Balaban J connectivity index is 2.41. The number of thiophene rings is 1. The second-order valence-electron chi connectivity index (χ2n) is 3.66. The molecule has 0 amide bonds. The van der Waals surface area contributed by atoms with E-state index in [1.165, 1.54) is 4.88 Å². The van der Waals surface area contributed by atoms with Gasteiger partial charge in [0.25, 0.3) is 0 Å². The number of methoxy groups -OCH3 is 1. The van der Waals surface area contributed by atoms with Gasteiger partial charge >= 0.3 is 0 Å². The highest BCUT2D eigenvalue weighted by atomic mass is 79.9. The molecule has 0 bridgehead atoms. The van der Waals surface area contributed by atoms with Crippen molar-refractivity contribution < 1.29 is 4.74 Å². The Labute approximate surface area is 114 Å². The van der Waals surface area contributed by atoms with Gasteiger partial charge in [-0.15, -0.1) is 11.3 Å². The summed E-state index contributed by atoms with van der Waals surface area (Å²) in [5.74, 6) is 0. The van der Waals surface area contributed by atoms with Crippen LogP contribution in [-0.2, 0) is 11.3 Å². The van der Waals surface area contributed by atoms with Crippen LogP contribution in [0.1, 0.15) is 24.6 Å². The van der Waals surface area contributed by atoms with E-state index in [2.05, 4.69) is 34.2 Å². The van der Waals surface area contributed by atoms with Crippen molar-refractivity contribution >= 4 is 38.9 Å². The van der Waals surface area contributed by atoms with Gasteiger partial charge in [0, 0.05) is 29.0 Å². The van der Waals surface area contributed by atoms with Crippen LogP contribution in [0.2, 0.25) is 4.34 Å². The van der Waals surface area contributed by atoms with Crippen molar-refractivity contribution in [3.63, 3.8) is 0 Å². The summed E-state index contributed by atoms with van der Waals surface area (Å²) in [7, 11) is 1.74. The molecule has 0 spiro atoms. The third kappa shape index (κ3) is 4.72. The van der Waals surface area contributed by atoms with Crippen LogP contribution in [0.15, 0.2) is 10.5 Å². The summed E-state index contributed by atoms with van der Waals surface area (Å²) in [5, 5.41) is 3.48. The van der Waals surface area contributed by atoms with Crippen molar-refractivity contribution in [1.82, 2.24) is 5.32 Å². The Hall–Kier alpha value is 0.390. The average Bonchev–Trinajstić information content (AvgIpc) is 2.56. The molecule has 0 fully saturated rings. The van der Waals surface area contributed by atoms with Crippen LogP contribution >= 0.6 is 38.9 Å². The Morgan fingerprint density at radius 1 is 1.62 bits per heavy atom. The van der Waals surface area contributed by atoms with Gasteiger partial charge < -0.3 is 10.1 Å². The summed E-state index contributed by atoms with van der Waals surface area (Å²) in [6.45, 7) is 3.79. The molecule has 0 aliphatic heterocycles. The van der Waals surface area contributed by atoms with Crippen LogP contribution in [0.3, 0.4) is 0 Å². The average molecular weight is 327 g/mol. The van der Waals surface area contributed by atoms with Crippen LogP contribution in [-0.4, -0.2) is 19.8 Å². The fourth-order valence-corrected chi connectivity index (χ4v) is 3.26. The van der Waals surface area contributed by atoms with E-state index in [0.29, 0.717) is 6.04 Å². The van der Waals surface area contributed by atoms with E-state index in [9.17, 15) is 0 Å². The lowest BCUT2D eigenvalue weighted by molar-refractivity contribution is 0.161. The van der Waals surface area contributed by atoms with Gasteiger partial charge in [-0.05, 0) is 28.4 Å². The summed E-state index contributed by atoms with van der Waals surface area (Å²) in [6.07, 6.45) is 2.30. The lowest BCUT2D eigenvalue weighted by Gasteiger charge is -2.16. The lowest BCUT2D eigenvalue weighted by atomic mass is 10.2. The molecular weight excluding hydrogens is 310 g/mol. The Morgan fingerprint density at radius 2 is 2.38 bits per heavy atom. The van der Waals surface area contributed by atoms with Crippen molar-refractivity contribution in [1.29, 1.82) is 0 Å². The molecule has 1 unspecified atom stereocenters. The molecular formula is C11H17BrClNOS. The van der Waals surface area contributed by atoms with Gasteiger partial charge in [-0.25, -0.2) is 0 Å². The molecule has 0 saturated heterocycles. The molecule has 1 N–H and O–H groups in total. The number of hydrogen-bond acceptors (Lipinski definition) is 3. The van der Waals surface area contributed by atoms with Crippen LogP contribution in [0, 0.1) is 0 Å². The third-order valence-corrected chi connectivity index (χ3v) is 4.74. The second kappa shape index (κ2) is 7.67. The van der Waals surface area contributed by atoms with Crippen LogP contribution < -0.4 is 5.32 Å². The zero-order chi connectivity index (χ0) is 12.0. The first kappa shape index (κ1) is 14.5. The highest BCUT2D eigenvalue weighted by molar-refractivity contribution is 9.10. The molecule has 0 aliphatic rings. The predicted molar refractivity (Wildman–Crippen MR) is 74.4 cm³/mol. The minimum atomic E-state index is 0.426. The zero-order valence-corrected chi connectivity index (χ0v) is 12.7. The molecule has 1 rings (SSSR count). The first-order valence-electron chi connectivity index (χ1n) is 5.33. The molecule has 92 valence electrons. The normalized spacial score (nSPS) is 13.0. The lowest BCUT2D eigenvalue weighted by Crippen LogP contribution is -2.32. The van der Waals surface area contributed by atoms with Crippen molar-refractivity contribution in [3.05, 3.63) is 19.8 Å². The second-order valence-corrected chi connectivity index (χ2v) is 6.25. The summed E-state index contributed by atoms with van der Waals surface area (Å²) < 4.78 is 6.98. The maximum atomic E-state index is 5.99. The van der Waals surface area contributed by atoms with E-state index in [1.807, 2.05) is 0 Å². The maximum absolute atomic E-state index is 5.99. The summed E-state index contributed by atoms with van der Waals surface area (Å²) in [6, 6.07) is 2.49. The molecule has 1 heterocycles. The quantitative estimate of drug-likeness (QED) is 0.815. The molecule has 1 aromatic heterocycles. The molecule has 5 heteroatoms. The number of nitrogens with one attached hydrogen (secondary N) is 1. The molecule has 1 aromatic rings. The van der Waals surface area contributed by atoms with Gasteiger partial charge in [0.1, 0.15) is 4.34 Å². The molecule has 0 aromatic carbocycles. The highest BCUT2D eigenvalue weighted by Crippen LogP contribution is 2.31. The first-order chi connectivity index (χ1) is 7.67. The molecule has 2 nitrogen and oxygen atoms in total. The van der Waals surface area contributed by atoms with Gasteiger partial charge in [-0.3, -0.25) is 0 Å². The number of rotatable bonds is 7. The van der Waals surface area contributed by atoms with Gasteiger partial charge in [0.15, 0.2) is 0 Å². The fourth-order valence-electron chi connectivity index (χ4n) is 1.52. The van der Waals surface area contributed by atoms with E-state index >= 15 is 0 Å². The zero-order valence-electron chi connectivity index (χ0n) is 9.56. The van der Waals surface area contributed by atoms with E-state index in [-0.39, 0.29) is 0 Å². The molecule has 0 aliphatic carbocycles. The Morgan fingerprint density at radius 3 is 2.88 bits per heavy atom. The predicted octanol–water partition coefficient (Wildman–Crippen LogP) is 4.07. The monoisotopic (exact) mass is 325 g/mol. The first-order valence-corrected chi connectivity index (χ1v) is 7.32. The summed E-state index contributed by atoms with van der Waals surface area (Å²) in [4.78, 5) is 1.24. The Bertz CT molecular complexity index is 293. The summed E-state index contributed by atoms with van der Waals surface area (Å²) >= 11 is 11.0.